The molecule has 1 amide bonds. The number of rotatable bonds is 6. The molecule has 0 unspecified atom stereocenters. The lowest BCUT2D eigenvalue weighted by Crippen LogP contribution is -2.49. The molecular formula is C20H19F3N2O4. The normalized spacial score (nSPS) is 14.1. The Balaban J connectivity index is 1.47. The van der Waals surface area contributed by atoms with Gasteiger partial charge in [0.15, 0.2) is 6.61 Å². The standard InChI is InChI=1S/C20H19F3N2O4/c21-15-4-6-16(7-5-15)24-8-10-25(11-9-24)18(26)13-28-19(27)14-2-1-3-17(12-14)29-20(22)23/h1-7,12,20H,8-11,13H2. The minimum absolute atomic E-state index is 0.0112. The summed E-state index contributed by atoms with van der Waals surface area (Å²) in [5.41, 5.74) is 0.882. The summed E-state index contributed by atoms with van der Waals surface area (Å²) < 4.78 is 46.8. The van der Waals surface area contributed by atoms with Crippen molar-refractivity contribution < 1.29 is 32.2 Å². The van der Waals surface area contributed by atoms with Crippen molar-refractivity contribution in [1.82, 2.24) is 4.90 Å². The van der Waals surface area contributed by atoms with Gasteiger partial charge in [-0.25, -0.2) is 9.18 Å². The van der Waals surface area contributed by atoms with Crippen LogP contribution in [0.1, 0.15) is 10.4 Å². The number of alkyl halides is 2. The first-order chi connectivity index (χ1) is 13.9. The molecule has 2 aromatic carbocycles. The second-order valence-corrected chi connectivity index (χ2v) is 6.33. The third-order valence-corrected chi connectivity index (χ3v) is 4.45. The molecule has 154 valence electrons. The molecule has 2 aromatic rings. The summed E-state index contributed by atoms with van der Waals surface area (Å²) in [6, 6.07) is 11.3. The maximum atomic E-state index is 13.0. The zero-order valence-corrected chi connectivity index (χ0v) is 15.4. The summed E-state index contributed by atoms with van der Waals surface area (Å²) in [5.74, 6) is -1.63. The molecule has 6 nitrogen and oxygen atoms in total. The number of anilines is 1. The van der Waals surface area contributed by atoms with Crippen molar-refractivity contribution in [3.63, 3.8) is 0 Å². The molecule has 0 spiro atoms. The first-order valence-corrected chi connectivity index (χ1v) is 8.92. The number of hydrogen-bond donors (Lipinski definition) is 0. The molecule has 0 bridgehead atoms. The van der Waals surface area contributed by atoms with E-state index in [1.54, 1.807) is 17.0 Å². The number of carbonyl (C=O) groups is 2. The van der Waals surface area contributed by atoms with E-state index in [2.05, 4.69) is 4.74 Å². The van der Waals surface area contributed by atoms with Crippen molar-refractivity contribution in [1.29, 1.82) is 0 Å². The van der Waals surface area contributed by atoms with Crippen LogP contribution in [0, 0.1) is 5.82 Å². The molecule has 1 fully saturated rings. The zero-order valence-electron chi connectivity index (χ0n) is 15.4. The lowest BCUT2D eigenvalue weighted by molar-refractivity contribution is -0.134. The first-order valence-electron chi connectivity index (χ1n) is 8.92. The molecule has 0 radical (unpaired) electrons. The number of ether oxygens (including phenoxy) is 2. The van der Waals surface area contributed by atoms with Gasteiger partial charge in [0.2, 0.25) is 0 Å². The topological polar surface area (TPSA) is 59.1 Å². The van der Waals surface area contributed by atoms with Crippen molar-refractivity contribution in [2.24, 2.45) is 0 Å². The van der Waals surface area contributed by atoms with E-state index in [1.807, 2.05) is 4.90 Å². The molecular weight excluding hydrogens is 389 g/mol. The maximum Gasteiger partial charge on any atom is 0.387 e. The minimum Gasteiger partial charge on any atom is -0.452 e. The van der Waals surface area contributed by atoms with Crippen LogP contribution in [0.15, 0.2) is 48.5 Å². The van der Waals surface area contributed by atoms with E-state index in [4.69, 9.17) is 4.74 Å². The summed E-state index contributed by atoms with van der Waals surface area (Å²) in [6.07, 6.45) is 0. The van der Waals surface area contributed by atoms with Crippen LogP contribution < -0.4 is 9.64 Å². The van der Waals surface area contributed by atoms with E-state index < -0.39 is 19.2 Å². The van der Waals surface area contributed by atoms with Gasteiger partial charge in [-0.15, -0.1) is 0 Å². The van der Waals surface area contributed by atoms with Crippen molar-refractivity contribution in [3.8, 4) is 5.75 Å². The highest BCUT2D eigenvalue weighted by atomic mass is 19.3. The number of amides is 1. The van der Waals surface area contributed by atoms with Gasteiger partial charge in [0.25, 0.3) is 5.91 Å². The van der Waals surface area contributed by atoms with Gasteiger partial charge in [0.05, 0.1) is 5.56 Å². The fourth-order valence-corrected chi connectivity index (χ4v) is 2.97. The quantitative estimate of drug-likeness (QED) is 0.688. The summed E-state index contributed by atoms with van der Waals surface area (Å²) in [6.45, 7) is -1.44. The molecule has 29 heavy (non-hydrogen) atoms. The van der Waals surface area contributed by atoms with Crippen molar-refractivity contribution in [2.45, 2.75) is 6.61 Å². The third-order valence-electron chi connectivity index (χ3n) is 4.45. The number of nitrogens with zero attached hydrogens (tertiary/aromatic N) is 2. The Morgan fingerprint density at radius 3 is 2.34 bits per heavy atom. The highest BCUT2D eigenvalue weighted by Gasteiger charge is 2.22. The van der Waals surface area contributed by atoms with Crippen LogP contribution in [0.5, 0.6) is 5.75 Å². The summed E-state index contributed by atoms with van der Waals surface area (Å²) in [5, 5.41) is 0. The van der Waals surface area contributed by atoms with Crippen LogP contribution >= 0.6 is 0 Å². The molecule has 0 aromatic heterocycles. The van der Waals surface area contributed by atoms with Gasteiger partial charge in [0, 0.05) is 31.9 Å². The first kappa shape index (κ1) is 20.5. The van der Waals surface area contributed by atoms with Gasteiger partial charge in [-0.1, -0.05) is 6.07 Å². The largest absolute Gasteiger partial charge is 0.452 e. The van der Waals surface area contributed by atoms with E-state index in [0.717, 1.165) is 11.8 Å². The van der Waals surface area contributed by atoms with Gasteiger partial charge in [-0.3, -0.25) is 4.79 Å². The average Bonchev–Trinajstić information content (AvgIpc) is 2.72. The lowest BCUT2D eigenvalue weighted by atomic mass is 10.2. The number of halogens is 3. The molecule has 0 aliphatic carbocycles. The molecule has 1 aliphatic heterocycles. The van der Waals surface area contributed by atoms with E-state index in [-0.39, 0.29) is 23.0 Å². The molecule has 3 rings (SSSR count). The number of benzene rings is 2. The molecule has 1 heterocycles. The van der Waals surface area contributed by atoms with Gasteiger partial charge >= 0.3 is 12.6 Å². The number of piperazine rings is 1. The Labute approximate surface area is 165 Å². The summed E-state index contributed by atoms with van der Waals surface area (Å²) in [7, 11) is 0. The highest BCUT2D eigenvalue weighted by molar-refractivity contribution is 5.91. The van der Waals surface area contributed by atoms with E-state index in [9.17, 15) is 22.8 Å². The Bertz CT molecular complexity index is 853. The van der Waals surface area contributed by atoms with E-state index >= 15 is 0 Å². The molecule has 0 atom stereocenters. The van der Waals surface area contributed by atoms with Gasteiger partial charge in [-0.05, 0) is 42.5 Å². The Morgan fingerprint density at radius 1 is 1.00 bits per heavy atom. The van der Waals surface area contributed by atoms with Gasteiger partial charge < -0.3 is 19.3 Å². The highest BCUT2D eigenvalue weighted by Crippen LogP contribution is 2.18. The minimum atomic E-state index is -3.00. The Hall–Kier alpha value is -3.23. The predicted molar refractivity (Wildman–Crippen MR) is 98.5 cm³/mol. The van der Waals surface area contributed by atoms with Crippen LogP contribution in [-0.4, -0.2) is 56.2 Å². The fraction of sp³-hybridized carbons (Fsp3) is 0.300. The van der Waals surface area contributed by atoms with Gasteiger partial charge in [-0.2, -0.15) is 8.78 Å². The van der Waals surface area contributed by atoms with Crippen molar-refractivity contribution in [2.75, 3.05) is 37.7 Å². The molecule has 1 aliphatic rings. The lowest BCUT2D eigenvalue weighted by Gasteiger charge is -2.36. The second kappa shape index (κ2) is 9.31. The predicted octanol–water partition coefficient (Wildman–Crippen LogP) is 2.93. The van der Waals surface area contributed by atoms with Crippen LogP contribution in [0.2, 0.25) is 0 Å². The van der Waals surface area contributed by atoms with Crippen LogP contribution in [0.4, 0.5) is 18.9 Å². The van der Waals surface area contributed by atoms with Crippen LogP contribution in [0.25, 0.3) is 0 Å². The average molecular weight is 408 g/mol. The van der Waals surface area contributed by atoms with Crippen molar-refractivity contribution >= 4 is 17.6 Å². The zero-order chi connectivity index (χ0) is 20.8. The van der Waals surface area contributed by atoms with Crippen molar-refractivity contribution in [3.05, 3.63) is 59.9 Å². The maximum absolute atomic E-state index is 13.0. The Morgan fingerprint density at radius 2 is 1.69 bits per heavy atom. The van der Waals surface area contributed by atoms with Crippen LogP contribution in [0.3, 0.4) is 0 Å². The van der Waals surface area contributed by atoms with E-state index in [0.29, 0.717) is 26.2 Å². The van der Waals surface area contributed by atoms with Crippen LogP contribution in [-0.2, 0) is 9.53 Å². The monoisotopic (exact) mass is 408 g/mol. The third kappa shape index (κ3) is 5.63. The molecule has 0 saturated carbocycles. The number of hydrogen-bond acceptors (Lipinski definition) is 5. The summed E-state index contributed by atoms with van der Waals surface area (Å²) >= 11 is 0. The Kier molecular flexibility index (Phi) is 6.58. The fourth-order valence-electron chi connectivity index (χ4n) is 2.97. The second-order valence-electron chi connectivity index (χ2n) is 6.33. The SMILES string of the molecule is O=C(OCC(=O)N1CCN(c2ccc(F)cc2)CC1)c1cccc(OC(F)F)c1. The smallest absolute Gasteiger partial charge is 0.387 e. The summed E-state index contributed by atoms with van der Waals surface area (Å²) in [4.78, 5) is 28.0. The molecule has 0 N–H and O–H groups in total. The molecule has 9 heteroatoms. The molecule has 1 saturated heterocycles. The number of carbonyl (C=O) groups excluding carboxylic acids is 2. The number of esters is 1. The van der Waals surface area contributed by atoms with Gasteiger partial charge in [0.1, 0.15) is 11.6 Å². The van der Waals surface area contributed by atoms with E-state index in [1.165, 1.54) is 30.3 Å².